The largest absolute Gasteiger partial charge is 0.360 e. The molecule has 0 bridgehead atoms. The van der Waals surface area contributed by atoms with Crippen molar-refractivity contribution in [3.05, 3.63) is 16.8 Å². The Bertz CT molecular complexity index is 431. The summed E-state index contributed by atoms with van der Waals surface area (Å²) >= 11 is 0. The van der Waals surface area contributed by atoms with Gasteiger partial charge in [0.2, 0.25) is 0 Å². The lowest BCUT2D eigenvalue weighted by Gasteiger charge is -2.15. The molecule has 1 aromatic heterocycles. The molecule has 0 aromatic carbocycles. The topological polar surface area (TPSA) is 27.1 Å². The lowest BCUT2D eigenvalue weighted by molar-refractivity contribution is 0.0766. The number of ether oxygens (including phenoxy) is 1. The van der Waals surface area contributed by atoms with E-state index >= 15 is 0 Å². The van der Waals surface area contributed by atoms with E-state index in [9.17, 15) is 0 Å². The van der Waals surface area contributed by atoms with Gasteiger partial charge in [-0.2, -0.15) is 5.10 Å². The van der Waals surface area contributed by atoms with Crippen molar-refractivity contribution in [3.63, 3.8) is 0 Å². The number of hydrogen-bond acceptors (Lipinski definition) is 2. The van der Waals surface area contributed by atoms with Gasteiger partial charge in [-0.15, -0.1) is 0 Å². The third kappa shape index (κ3) is 3.94. The number of hydrogen-bond donors (Lipinski definition) is 0. The minimum atomic E-state index is -0.987. The summed E-state index contributed by atoms with van der Waals surface area (Å²) in [5.74, 6) is 0. The first kappa shape index (κ1) is 13.2. The minimum absolute atomic E-state index is 0.511. The quantitative estimate of drug-likeness (QED) is 0.573. The van der Waals surface area contributed by atoms with Crippen LogP contribution in [0.3, 0.4) is 0 Å². The van der Waals surface area contributed by atoms with E-state index in [0.29, 0.717) is 6.73 Å². The first-order valence-electron chi connectivity index (χ1n) is 5.69. The Kier molecular flexibility index (Phi) is 4.50. The van der Waals surface area contributed by atoms with Crippen LogP contribution < -0.4 is 10.6 Å². The van der Waals surface area contributed by atoms with Crippen LogP contribution in [-0.4, -0.2) is 24.5 Å². The second-order valence-corrected chi connectivity index (χ2v) is 10.8. The maximum absolute atomic E-state index is 5.62. The zero-order chi connectivity index (χ0) is 12.2. The highest BCUT2D eigenvalue weighted by atomic mass is 28.3. The fraction of sp³-hybridized carbons (Fsp3) is 0.583. The maximum Gasteiger partial charge on any atom is 0.139 e. The van der Waals surface area contributed by atoms with Gasteiger partial charge in [-0.3, -0.25) is 0 Å². The summed E-state index contributed by atoms with van der Waals surface area (Å²) in [5, 5.41) is 6.23. The molecule has 3 nitrogen and oxygen atoms in total. The van der Waals surface area contributed by atoms with E-state index in [-0.39, 0.29) is 0 Å². The Labute approximate surface area is 98.4 Å². The molecule has 1 rings (SSSR count). The molecule has 0 spiro atoms. The van der Waals surface area contributed by atoms with Crippen molar-refractivity contribution in [2.45, 2.75) is 39.3 Å². The first-order valence-corrected chi connectivity index (χ1v) is 9.39. The summed E-state index contributed by atoms with van der Waals surface area (Å²) < 4.78 is 7.42. The number of aromatic nitrogens is 2. The molecule has 0 aliphatic heterocycles. The summed E-state index contributed by atoms with van der Waals surface area (Å²) in [7, 11) is -0.987. The van der Waals surface area contributed by atoms with Crippen molar-refractivity contribution in [2.24, 2.45) is 0 Å². The molecule has 16 heavy (non-hydrogen) atoms. The monoisotopic (exact) mass is 238 g/mol. The van der Waals surface area contributed by atoms with Crippen LogP contribution in [0, 0.1) is 0 Å². The van der Waals surface area contributed by atoms with Crippen molar-refractivity contribution < 1.29 is 4.74 Å². The third-order valence-electron chi connectivity index (χ3n) is 2.50. The van der Waals surface area contributed by atoms with Gasteiger partial charge < -0.3 is 4.74 Å². The van der Waals surface area contributed by atoms with Gasteiger partial charge in [-0.1, -0.05) is 32.3 Å². The first-order chi connectivity index (χ1) is 7.44. The molecule has 0 saturated heterocycles. The highest BCUT2D eigenvalue weighted by molar-refractivity contribution is 6.76. The standard InChI is InChI=1S/C12H22N2OSi/c1-6-12-9-13-14(11(12)2)10-15-7-8-16(3,4)5/h6,9H,2,7-8,10H2,1,3-5H3/b12-6-. The van der Waals surface area contributed by atoms with E-state index in [4.69, 9.17) is 4.74 Å². The molecule has 0 radical (unpaired) electrons. The van der Waals surface area contributed by atoms with E-state index in [1.165, 1.54) is 6.04 Å². The molecule has 0 saturated carbocycles. The van der Waals surface area contributed by atoms with E-state index < -0.39 is 8.07 Å². The Balaban J connectivity index is 2.44. The molecule has 0 unspecified atom stereocenters. The van der Waals surface area contributed by atoms with Crippen molar-refractivity contribution >= 4 is 20.7 Å². The third-order valence-corrected chi connectivity index (χ3v) is 4.21. The Morgan fingerprint density at radius 2 is 2.19 bits per heavy atom. The second kappa shape index (κ2) is 5.45. The summed E-state index contributed by atoms with van der Waals surface area (Å²) in [4.78, 5) is 0. The smallest absolute Gasteiger partial charge is 0.139 e. The molecule has 0 aliphatic rings. The molecular weight excluding hydrogens is 216 g/mol. The maximum atomic E-state index is 5.62. The molecule has 1 aromatic rings. The average Bonchev–Trinajstić information content (AvgIpc) is 2.53. The fourth-order valence-corrected chi connectivity index (χ4v) is 2.06. The zero-order valence-corrected chi connectivity index (χ0v) is 11.8. The fourth-order valence-electron chi connectivity index (χ4n) is 1.31. The molecule has 1 heterocycles. The SMILES string of the molecule is C=c1/c(=C\C)cnn1COCC[Si](C)(C)C. The highest BCUT2D eigenvalue weighted by Crippen LogP contribution is 2.07. The van der Waals surface area contributed by atoms with Crippen LogP contribution in [0.2, 0.25) is 25.7 Å². The molecule has 0 fully saturated rings. The number of nitrogens with zero attached hydrogens (tertiary/aromatic N) is 2. The summed E-state index contributed by atoms with van der Waals surface area (Å²) in [6.07, 6.45) is 3.83. The minimum Gasteiger partial charge on any atom is -0.360 e. The van der Waals surface area contributed by atoms with E-state index in [1.807, 2.05) is 19.2 Å². The van der Waals surface area contributed by atoms with Crippen LogP contribution in [0.4, 0.5) is 0 Å². The van der Waals surface area contributed by atoms with Gasteiger partial charge in [0.25, 0.3) is 0 Å². The second-order valence-electron chi connectivity index (χ2n) is 5.18. The molecule has 0 atom stereocenters. The van der Waals surface area contributed by atoms with Gasteiger partial charge in [0, 0.05) is 19.9 Å². The van der Waals surface area contributed by atoms with Crippen molar-refractivity contribution in [1.82, 2.24) is 9.78 Å². The van der Waals surface area contributed by atoms with Gasteiger partial charge in [-0.25, -0.2) is 4.68 Å². The molecule has 0 aliphatic carbocycles. The summed E-state index contributed by atoms with van der Waals surface area (Å²) in [6.45, 7) is 14.3. The van der Waals surface area contributed by atoms with Crippen LogP contribution in [0.15, 0.2) is 6.20 Å². The van der Waals surface area contributed by atoms with Gasteiger partial charge in [0.1, 0.15) is 6.73 Å². The number of rotatable bonds is 5. The summed E-state index contributed by atoms with van der Waals surface area (Å²) in [6, 6.07) is 1.19. The summed E-state index contributed by atoms with van der Waals surface area (Å²) in [5.41, 5.74) is 0. The molecule has 0 amide bonds. The zero-order valence-electron chi connectivity index (χ0n) is 10.8. The van der Waals surface area contributed by atoms with Gasteiger partial charge >= 0.3 is 0 Å². The van der Waals surface area contributed by atoms with Gasteiger partial charge in [0.15, 0.2) is 0 Å². The van der Waals surface area contributed by atoms with E-state index in [1.54, 1.807) is 4.68 Å². The Morgan fingerprint density at radius 1 is 1.50 bits per heavy atom. The van der Waals surface area contributed by atoms with Crippen LogP contribution >= 0.6 is 0 Å². The lowest BCUT2D eigenvalue weighted by atomic mass is 10.4. The van der Waals surface area contributed by atoms with Gasteiger partial charge in [0.05, 0.1) is 11.5 Å². The normalized spacial score (nSPS) is 13.4. The predicted molar refractivity (Wildman–Crippen MR) is 71.2 cm³/mol. The van der Waals surface area contributed by atoms with Crippen LogP contribution in [0.1, 0.15) is 6.92 Å². The Morgan fingerprint density at radius 3 is 2.69 bits per heavy atom. The van der Waals surface area contributed by atoms with Crippen LogP contribution in [-0.2, 0) is 11.5 Å². The van der Waals surface area contributed by atoms with Crippen LogP contribution in [0.5, 0.6) is 0 Å². The van der Waals surface area contributed by atoms with Crippen LogP contribution in [0.25, 0.3) is 12.7 Å². The molecule has 90 valence electrons. The Hall–Kier alpha value is -0.873. The van der Waals surface area contributed by atoms with E-state index in [0.717, 1.165) is 17.2 Å². The van der Waals surface area contributed by atoms with E-state index in [2.05, 4.69) is 31.3 Å². The average molecular weight is 238 g/mol. The van der Waals surface area contributed by atoms with Gasteiger partial charge in [-0.05, 0) is 13.0 Å². The molecular formula is C12H22N2OSi. The van der Waals surface area contributed by atoms with Crippen molar-refractivity contribution in [3.8, 4) is 0 Å². The molecule has 4 heteroatoms. The van der Waals surface area contributed by atoms with Crippen molar-refractivity contribution in [2.75, 3.05) is 6.61 Å². The van der Waals surface area contributed by atoms with Crippen molar-refractivity contribution in [1.29, 1.82) is 0 Å². The predicted octanol–water partition coefficient (Wildman–Crippen LogP) is 1.41. The lowest BCUT2D eigenvalue weighted by Crippen LogP contribution is -2.29. The highest BCUT2D eigenvalue weighted by Gasteiger charge is 2.11. The molecule has 0 N–H and O–H groups in total.